The fraction of sp³-hybridized carbons (Fsp3) is 0.533. The molecule has 1 fully saturated rings. The summed E-state index contributed by atoms with van der Waals surface area (Å²) >= 11 is 0. The van der Waals surface area contributed by atoms with Gasteiger partial charge in [-0.3, -0.25) is 9.78 Å². The van der Waals surface area contributed by atoms with Crippen molar-refractivity contribution < 1.29 is 10.0 Å². The standard InChI is InChI=1S/C15H22N4O2/c1-2-19(12-6-4-3-5-7-12)15(20)13-9-8-11(10-17-13)14(16)18-21/h8-10,12,21H,2-7H2,1H3,(H2,16,18). The number of carbonyl (C=O) groups excluding carboxylic acids is 1. The average molecular weight is 290 g/mol. The molecule has 6 heteroatoms. The molecular formula is C15H22N4O2. The summed E-state index contributed by atoms with van der Waals surface area (Å²) in [6, 6.07) is 3.59. The smallest absolute Gasteiger partial charge is 0.272 e. The van der Waals surface area contributed by atoms with Crippen molar-refractivity contribution in [2.45, 2.75) is 45.1 Å². The molecule has 1 aliphatic rings. The first kappa shape index (κ1) is 15.3. The summed E-state index contributed by atoms with van der Waals surface area (Å²) < 4.78 is 0. The lowest BCUT2D eigenvalue weighted by atomic mass is 9.94. The topological polar surface area (TPSA) is 91.8 Å². The van der Waals surface area contributed by atoms with Crippen LogP contribution in [0.3, 0.4) is 0 Å². The molecule has 1 amide bonds. The average Bonchev–Trinajstić information content (AvgIpc) is 2.56. The molecular weight excluding hydrogens is 268 g/mol. The van der Waals surface area contributed by atoms with E-state index >= 15 is 0 Å². The molecule has 1 aliphatic carbocycles. The SMILES string of the molecule is CCN(C(=O)c1ccc(C(N)=NO)cn1)C1CCCCC1. The number of amides is 1. The summed E-state index contributed by atoms with van der Waals surface area (Å²) in [4.78, 5) is 18.6. The first-order valence-corrected chi connectivity index (χ1v) is 7.42. The minimum absolute atomic E-state index is 0.0128. The number of hydrogen-bond donors (Lipinski definition) is 2. The maximum atomic E-state index is 12.6. The number of rotatable bonds is 4. The van der Waals surface area contributed by atoms with Crippen LogP contribution < -0.4 is 5.73 Å². The van der Waals surface area contributed by atoms with Gasteiger partial charge in [0.1, 0.15) is 5.69 Å². The summed E-state index contributed by atoms with van der Waals surface area (Å²) in [6.07, 6.45) is 7.23. The second-order valence-corrected chi connectivity index (χ2v) is 5.30. The number of aromatic nitrogens is 1. The molecule has 1 aromatic rings. The Morgan fingerprint density at radius 2 is 2.14 bits per heavy atom. The Morgan fingerprint density at radius 3 is 2.67 bits per heavy atom. The predicted molar refractivity (Wildman–Crippen MR) is 80.3 cm³/mol. The van der Waals surface area contributed by atoms with Gasteiger partial charge in [0.15, 0.2) is 5.84 Å². The molecule has 1 saturated carbocycles. The van der Waals surface area contributed by atoms with Gasteiger partial charge in [0.25, 0.3) is 5.91 Å². The third-order valence-corrected chi connectivity index (χ3v) is 4.00. The molecule has 114 valence electrons. The van der Waals surface area contributed by atoms with E-state index in [-0.39, 0.29) is 11.7 Å². The summed E-state index contributed by atoms with van der Waals surface area (Å²) in [5.74, 6) is -0.0587. The molecule has 21 heavy (non-hydrogen) atoms. The number of carbonyl (C=O) groups is 1. The largest absolute Gasteiger partial charge is 0.409 e. The Labute approximate surface area is 124 Å². The van der Waals surface area contributed by atoms with Gasteiger partial charge in [0.2, 0.25) is 0 Å². The van der Waals surface area contributed by atoms with Gasteiger partial charge < -0.3 is 15.8 Å². The summed E-state index contributed by atoms with van der Waals surface area (Å²) in [7, 11) is 0. The minimum Gasteiger partial charge on any atom is -0.409 e. The quantitative estimate of drug-likeness (QED) is 0.384. The monoisotopic (exact) mass is 290 g/mol. The second-order valence-electron chi connectivity index (χ2n) is 5.30. The summed E-state index contributed by atoms with van der Waals surface area (Å²) in [6.45, 7) is 2.68. The van der Waals surface area contributed by atoms with Gasteiger partial charge in [0, 0.05) is 24.3 Å². The third kappa shape index (κ3) is 3.51. The highest BCUT2D eigenvalue weighted by atomic mass is 16.4. The lowest BCUT2D eigenvalue weighted by Gasteiger charge is -2.33. The molecule has 0 atom stereocenters. The normalized spacial score (nSPS) is 16.7. The van der Waals surface area contributed by atoms with Crippen LogP contribution in [0.2, 0.25) is 0 Å². The van der Waals surface area contributed by atoms with Crippen LogP contribution in [-0.2, 0) is 0 Å². The Morgan fingerprint density at radius 1 is 1.43 bits per heavy atom. The van der Waals surface area contributed by atoms with Gasteiger partial charge in [-0.15, -0.1) is 0 Å². The van der Waals surface area contributed by atoms with Gasteiger partial charge in [-0.05, 0) is 31.9 Å². The molecule has 0 radical (unpaired) electrons. The fourth-order valence-corrected chi connectivity index (χ4v) is 2.84. The van der Waals surface area contributed by atoms with Crippen LogP contribution in [0.4, 0.5) is 0 Å². The van der Waals surface area contributed by atoms with Crippen molar-refractivity contribution >= 4 is 11.7 Å². The van der Waals surface area contributed by atoms with Crippen molar-refractivity contribution in [1.82, 2.24) is 9.88 Å². The number of hydrogen-bond acceptors (Lipinski definition) is 4. The Kier molecular flexibility index (Phi) is 5.14. The van der Waals surface area contributed by atoms with E-state index in [0.717, 1.165) is 12.8 Å². The predicted octanol–water partition coefficient (Wildman–Crippen LogP) is 1.97. The number of pyridine rings is 1. The van der Waals surface area contributed by atoms with Crippen molar-refractivity contribution in [2.24, 2.45) is 10.9 Å². The maximum absolute atomic E-state index is 12.6. The zero-order valence-electron chi connectivity index (χ0n) is 12.3. The molecule has 1 aromatic heterocycles. The number of oxime groups is 1. The van der Waals surface area contributed by atoms with Crippen LogP contribution in [-0.4, -0.2) is 39.4 Å². The summed E-state index contributed by atoms with van der Waals surface area (Å²) in [5.41, 5.74) is 6.38. The van der Waals surface area contributed by atoms with E-state index in [2.05, 4.69) is 10.1 Å². The van der Waals surface area contributed by atoms with Crippen molar-refractivity contribution in [3.05, 3.63) is 29.6 Å². The van der Waals surface area contributed by atoms with E-state index in [9.17, 15) is 4.79 Å². The third-order valence-electron chi connectivity index (χ3n) is 4.00. The van der Waals surface area contributed by atoms with E-state index in [1.54, 1.807) is 12.1 Å². The zero-order valence-corrected chi connectivity index (χ0v) is 12.3. The molecule has 0 unspecified atom stereocenters. The molecule has 1 heterocycles. The molecule has 3 N–H and O–H groups in total. The molecule has 0 saturated heterocycles. The fourth-order valence-electron chi connectivity index (χ4n) is 2.84. The molecule has 0 aliphatic heterocycles. The number of nitrogens with zero attached hydrogens (tertiary/aromatic N) is 3. The number of amidine groups is 1. The van der Waals surface area contributed by atoms with Crippen LogP contribution in [0, 0.1) is 0 Å². The zero-order chi connectivity index (χ0) is 15.2. The van der Waals surface area contributed by atoms with Gasteiger partial charge in [-0.1, -0.05) is 24.4 Å². The van der Waals surface area contributed by atoms with E-state index in [1.807, 2.05) is 11.8 Å². The van der Waals surface area contributed by atoms with Crippen molar-refractivity contribution in [3.63, 3.8) is 0 Å². The van der Waals surface area contributed by atoms with Crippen molar-refractivity contribution in [1.29, 1.82) is 0 Å². The van der Waals surface area contributed by atoms with E-state index in [0.29, 0.717) is 23.8 Å². The first-order chi connectivity index (χ1) is 10.2. The van der Waals surface area contributed by atoms with Gasteiger partial charge in [-0.25, -0.2) is 0 Å². The van der Waals surface area contributed by atoms with E-state index in [1.165, 1.54) is 25.5 Å². The van der Waals surface area contributed by atoms with Gasteiger partial charge in [0.05, 0.1) is 0 Å². The lowest BCUT2D eigenvalue weighted by molar-refractivity contribution is 0.0642. The Bertz CT molecular complexity index is 507. The van der Waals surface area contributed by atoms with Crippen LogP contribution in [0.15, 0.2) is 23.5 Å². The molecule has 0 aromatic carbocycles. The highest BCUT2D eigenvalue weighted by Gasteiger charge is 2.25. The van der Waals surface area contributed by atoms with E-state index in [4.69, 9.17) is 10.9 Å². The van der Waals surface area contributed by atoms with E-state index < -0.39 is 0 Å². The Hall–Kier alpha value is -2.11. The highest BCUT2D eigenvalue weighted by molar-refractivity contribution is 5.98. The lowest BCUT2D eigenvalue weighted by Crippen LogP contribution is -2.41. The van der Waals surface area contributed by atoms with Crippen LogP contribution in [0.5, 0.6) is 0 Å². The van der Waals surface area contributed by atoms with Crippen LogP contribution in [0.1, 0.15) is 55.1 Å². The maximum Gasteiger partial charge on any atom is 0.272 e. The molecule has 6 nitrogen and oxygen atoms in total. The van der Waals surface area contributed by atoms with Crippen LogP contribution in [0.25, 0.3) is 0 Å². The molecule has 2 rings (SSSR count). The molecule has 0 spiro atoms. The van der Waals surface area contributed by atoms with Crippen LogP contribution >= 0.6 is 0 Å². The molecule has 0 bridgehead atoms. The van der Waals surface area contributed by atoms with Crippen molar-refractivity contribution in [3.8, 4) is 0 Å². The van der Waals surface area contributed by atoms with Gasteiger partial charge in [-0.2, -0.15) is 0 Å². The second kappa shape index (κ2) is 7.06. The minimum atomic E-state index is -0.0459. The number of nitrogens with two attached hydrogens (primary N) is 1. The van der Waals surface area contributed by atoms with Gasteiger partial charge >= 0.3 is 0 Å². The highest BCUT2D eigenvalue weighted by Crippen LogP contribution is 2.23. The Balaban J connectivity index is 2.13. The first-order valence-electron chi connectivity index (χ1n) is 7.42. The van der Waals surface area contributed by atoms with Crippen molar-refractivity contribution in [2.75, 3.05) is 6.54 Å². The summed E-state index contributed by atoms with van der Waals surface area (Å²) in [5, 5.41) is 11.5.